The van der Waals surface area contributed by atoms with E-state index in [1.165, 1.54) is 19.1 Å². The smallest absolute Gasteiger partial charge is 0.263 e. The molecule has 1 saturated heterocycles. The van der Waals surface area contributed by atoms with Crippen molar-refractivity contribution in [2.45, 2.75) is 38.8 Å². The van der Waals surface area contributed by atoms with Gasteiger partial charge in [-0.25, -0.2) is 4.39 Å². The highest BCUT2D eigenvalue weighted by Crippen LogP contribution is 2.33. The fourth-order valence-electron chi connectivity index (χ4n) is 4.29. The summed E-state index contributed by atoms with van der Waals surface area (Å²) >= 11 is 6.23. The van der Waals surface area contributed by atoms with Crippen LogP contribution in [0.15, 0.2) is 47.4 Å². The zero-order chi connectivity index (χ0) is 24.4. The number of halogens is 2. The molecule has 1 aromatic heterocycles. The molecule has 2 amide bonds. The van der Waals surface area contributed by atoms with Crippen molar-refractivity contribution in [2.24, 2.45) is 0 Å². The van der Waals surface area contributed by atoms with Crippen LogP contribution in [0.4, 0.5) is 4.39 Å². The van der Waals surface area contributed by atoms with Gasteiger partial charge in [0.25, 0.3) is 11.5 Å². The summed E-state index contributed by atoms with van der Waals surface area (Å²) in [5.74, 6) is -0.287. The number of piperidine rings is 1. The number of likely N-dealkylation sites (tertiary alicyclic amines) is 1. The molecule has 1 fully saturated rings. The topological polar surface area (TPSA) is 91.5 Å². The average Bonchev–Trinajstić information content (AvgIpc) is 2.80. The zero-order valence-electron chi connectivity index (χ0n) is 18.9. The molecular weight excluding hydrogens is 461 g/mol. The lowest BCUT2D eigenvalue weighted by molar-refractivity contribution is -0.139. The van der Waals surface area contributed by atoms with Gasteiger partial charge in [-0.1, -0.05) is 11.6 Å². The van der Waals surface area contributed by atoms with Gasteiger partial charge in [0.05, 0.1) is 10.4 Å². The van der Waals surface area contributed by atoms with Gasteiger partial charge in [-0.15, -0.1) is 0 Å². The van der Waals surface area contributed by atoms with Gasteiger partial charge in [0.1, 0.15) is 11.6 Å². The summed E-state index contributed by atoms with van der Waals surface area (Å²) in [7, 11) is 0. The van der Waals surface area contributed by atoms with E-state index < -0.39 is 11.9 Å². The Morgan fingerprint density at radius 2 is 1.88 bits per heavy atom. The zero-order valence-corrected chi connectivity index (χ0v) is 19.6. The van der Waals surface area contributed by atoms with Crippen LogP contribution < -0.4 is 15.6 Å². The van der Waals surface area contributed by atoms with Crippen molar-refractivity contribution in [3.8, 4) is 16.9 Å². The Morgan fingerprint density at radius 1 is 1.15 bits per heavy atom. The maximum atomic E-state index is 13.5. The maximum Gasteiger partial charge on any atom is 0.263 e. The summed E-state index contributed by atoms with van der Waals surface area (Å²) in [5.41, 5.74) is 0.919. The van der Waals surface area contributed by atoms with Gasteiger partial charge in [0, 0.05) is 43.4 Å². The molecule has 1 atom stereocenters. The molecule has 2 N–H and O–H groups in total. The Morgan fingerprint density at radius 3 is 2.56 bits per heavy atom. The van der Waals surface area contributed by atoms with Crippen LogP contribution in [0.2, 0.25) is 5.02 Å². The fraction of sp³-hybridized carbons (Fsp3) is 0.320. The van der Waals surface area contributed by atoms with Crippen LogP contribution in [0.5, 0.6) is 5.75 Å². The van der Waals surface area contributed by atoms with Crippen LogP contribution in [-0.4, -0.2) is 46.9 Å². The number of carbonyl (C=O) groups is 2. The van der Waals surface area contributed by atoms with Crippen molar-refractivity contribution >= 4 is 34.2 Å². The van der Waals surface area contributed by atoms with Crippen molar-refractivity contribution in [3.05, 3.63) is 63.8 Å². The van der Waals surface area contributed by atoms with Crippen LogP contribution in [0, 0.1) is 5.82 Å². The number of aromatic amines is 1. The Hall–Kier alpha value is -3.39. The first-order chi connectivity index (χ1) is 16.2. The highest BCUT2D eigenvalue weighted by atomic mass is 35.5. The second-order valence-corrected chi connectivity index (χ2v) is 8.83. The molecule has 1 aliphatic rings. The van der Waals surface area contributed by atoms with Gasteiger partial charge in [-0.3, -0.25) is 14.4 Å². The van der Waals surface area contributed by atoms with E-state index in [4.69, 9.17) is 16.3 Å². The summed E-state index contributed by atoms with van der Waals surface area (Å²) in [6, 6.07) is 9.17. The predicted octanol–water partition coefficient (Wildman–Crippen LogP) is 3.88. The molecule has 1 aliphatic heterocycles. The number of benzene rings is 2. The number of hydrogen-bond donors (Lipinski definition) is 2. The summed E-state index contributed by atoms with van der Waals surface area (Å²) in [5, 5.41) is 4.11. The van der Waals surface area contributed by atoms with E-state index in [9.17, 15) is 18.8 Å². The number of nitrogens with zero attached hydrogens (tertiary/aromatic N) is 1. The molecule has 0 aliphatic carbocycles. The highest BCUT2D eigenvalue weighted by Gasteiger charge is 2.27. The summed E-state index contributed by atoms with van der Waals surface area (Å²) < 4.78 is 19.4. The van der Waals surface area contributed by atoms with Gasteiger partial charge in [0.2, 0.25) is 5.91 Å². The molecule has 0 radical (unpaired) electrons. The monoisotopic (exact) mass is 485 g/mol. The van der Waals surface area contributed by atoms with Crippen LogP contribution in [0.3, 0.4) is 0 Å². The van der Waals surface area contributed by atoms with E-state index in [-0.39, 0.29) is 28.4 Å². The van der Waals surface area contributed by atoms with Crippen molar-refractivity contribution in [1.29, 1.82) is 0 Å². The summed E-state index contributed by atoms with van der Waals surface area (Å²) in [4.78, 5) is 41.0. The molecule has 4 rings (SSSR count). The minimum Gasteiger partial charge on any atom is -0.481 e. The molecular formula is C25H25ClFN3O4. The Labute approximate surface area is 200 Å². The Balaban J connectivity index is 1.52. The predicted molar refractivity (Wildman–Crippen MR) is 128 cm³/mol. The molecule has 0 saturated carbocycles. The molecule has 2 aromatic carbocycles. The van der Waals surface area contributed by atoms with Crippen LogP contribution >= 0.6 is 11.6 Å². The second kappa shape index (κ2) is 9.85. The molecule has 178 valence electrons. The van der Waals surface area contributed by atoms with E-state index in [0.717, 1.165) is 0 Å². The molecule has 7 nitrogen and oxygen atoms in total. The quantitative estimate of drug-likeness (QED) is 0.573. The number of nitrogens with one attached hydrogen (secondary N) is 2. The fourth-order valence-corrected chi connectivity index (χ4v) is 4.56. The first kappa shape index (κ1) is 23.8. The first-order valence-electron chi connectivity index (χ1n) is 11.1. The van der Waals surface area contributed by atoms with Crippen molar-refractivity contribution < 1.29 is 18.7 Å². The van der Waals surface area contributed by atoms with Gasteiger partial charge in [-0.05, 0) is 61.5 Å². The second-order valence-electron chi connectivity index (χ2n) is 8.42. The van der Waals surface area contributed by atoms with E-state index in [1.807, 2.05) is 0 Å². The van der Waals surface area contributed by atoms with Crippen molar-refractivity contribution in [3.63, 3.8) is 0 Å². The Bertz CT molecular complexity index is 1300. The van der Waals surface area contributed by atoms with Crippen molar-refractivity contribution in [1.82, 2.24) is 15.2 Å². The minimum atomic E-state index is -0.747. The third-order valence-corrected chi connectivity index (χ3v) is 6.28. The lowest BCUT2D eigenvalue weighted by Gasteiger charge is -2.33. The lowest BCUT2D eigenvalue weighted by Crippen LogP contribution is -2.49. The van der Waals surface area contributed by atoms with Gasteiger partial charge in [-0.2, -0.15) is 0 Å². The van der Waals surface area contributed by atoms with Gasteiger partial charge < -0.3 is 19.9 Å². The van der Waals surface area contributed by atoms with Crippen LogP contribution in [0.1, 0.15) is 26.7 Å². The van der Waals surface area contributed by atoms with Crippen LogP contribution in [-0.2, 0) is 9.59 Å². The molecule has 3 aromatic rings. The average molecular weight is 486 g/mol. The largest absolute Gasteiger partial charge is 0.481 e. The minimum absolute atomic E-state index is 0.0716. The number of rotatable bonds is 5. The molecule has 9 heteroatoms. The lowest BCUT2D eigenvalue weighted by atomic mass is 10.0. The van der Waals surface area contributed by atoms with E-state index >= 15 is 0 Å². The Kier molecular flexibility index (Phi) is 6.88. The normalized spacial score (nSPS) is 15.2. The van der Waals surface area contributed by atoms with E-state index in [0.29, 0.717) is 53.6 Å². The molecule has 0 bridgehead atoms. The molecule has 1 unspecified atom stereocenters. The highest BCUT2D eigenvalue weighted by molar-refractivity contribution is 6.33. The molecule has 2 heterocycles. The number of H-pyrrole nitrogens is 1. The number of hydrogen-bond acceptors (Lipinski definition) is 4. The SMILES string of the molecule is CC(=O)NC1CCN(C(=O)C(C)Oc2ccc3c(-c4ccc(F)cc4Cl)c[nH]c(=O)c3c2)CC1. The number of carbonyl (C=O) groups excluding carboxylic acids is 2. The van der Waals surface area contributed by atoms with E-state index in [2.05, 4.69) is 10.3 Å². The molecule has 34 heavy (non-hydrogen) atoms. The third-order valence-electron chi connectivity index (χ3n) is 5.97. The summed E-state index contributed by atoms with van der Waals surface area (Å²) in [6.45, 7) is 4.23. The number of pyridine rings is 1. The molecule has 0 spiro atoms. The van der Waals surface area contributed by atoms with Crippen molar-refractivity contribution in [2.75, 3.05) is 13.1 Å². The van der Waals surface area contributed by atoms with E-state index in [1.54, 1.807) is 42.3 Å². The maximum absolute atomic E-state index is 13.5. The van der Waals surface area contributed by atoms with Crippen LogP contribution in [0.25, 0.3) is 21.9 Å². The number of amides is 2. The third kappa shape index (κ3) is 5.07. The van der Waals surface area contributed by atoms with Gasteiger partial charge in [0.15, 0.2) is 6.10 Å². The first-order valence-corrected chi connectivity index (χ1v) is 11.4. The number of aromatic nitrogens is 1. The number of fused-ring (bicyclic) bond motifs is 1. The summed E-state index contributed by atoms with van der Waals surface area (Å²) in [6.07, 6.45) is 2.18. The van der Waals surface area contributed by atoms with Gasteiger partial charge >= 0.3 is 0 Å². The number of ether oxygens (including phenoxy) is 1. The standard InChI is InChI=1S/C25H25ClFN3O4/c1-14(25(33)30-9-7-17(8-10-30)29-15(2)31)34-18-4-6-19-21(12-18)24(32)28-13-22(19)20-5-3-16(27)11-23(20)26/h3-6,11-14,17H,7-10H2,1-2H3,(H,28,32)(H,29,31).